The maximum Gasteiger partial charge on any atom is 0.253 e. The van der Waals surface area contributed by atoms with Gasteiger partial charge in [0.05, 0.1) is 24.1 Å². The lowest BCUT2D eigenvalue weighted by molar-refractivity contribution is -0.122. The summed E-state index contributed by atoms with van der Waals surface area (Å²) in [6.45, 7) is 0.220. The number of pyridine rings is 1. The van der Waals surface area contributed by atoms with Gasteiger partial charge in [-0.3, -0.25) is 9.59 Å². The maximum atomic E-state index is 11.7. The number of hydrogen-bond acceptors (Lipinski definition) is 5. The number of aromatic nitrogens is 1. The van der Waals surface area contributed by atoms with E-state index in [1.807, 2.05) is 0 Å². The number of halogens is 1. The van der Waals surface area contributed by atoms with E-state index >= 15 is 0 Å². The molecule has 2 amide bonds. The first-order chi connectivity index (χ1) is 8.50. The summed E-state index contributed by atoms with van der Waals surface area (Å²) in [5.41, 5.74) is 10.9. The Hall–Kier alpha value is -1.86. The number of anilines is 1. The lowest BCUT2D eigenvalue weighted by atomic mass is 10.2. The van der Waals surface area contributed by atoms with Crippen LogP contribution in [0.3, 0.4) is 0 Å². The van der Waals surface area contributed by atoms with Gasteiger partial charge in [0.15, 0.2) is 0 Å². The minimum absolute atomic E-state index is 0.174. The summed E-state index contributed by atoms with van der Waals surface area (Å²) in [7, 11) is 0. The number of carbonyl (C=O) groups is 2. The molecule has 0 spiro atoms. The third-order valence-electron chi connectivity index (χ3n) is 1.92. The lowest BCUT2D eigenvalue weighted by Gasteiger charge is -2.07. The summed E-state index contributed by atoms with van der Waals surface area (Å²) >= 11 is 5.66. The Morgan fingerprint density at radius 1 is 1.50 bits per heavy atom. The molecule has 0 unspecified atom stereocenters. The molecular weight excluding hydrogens is 260 g/mol. The second-order valence-corrected chi connectivity index (χ2v) is 3.76. The fourth-order valence-electron chi connectivity index (χ4n) is 1.14. The van der Waals surface area contributed by atoms with Crippen LogP contribution >= 0.6 is 11.6 Å². The average molecular weight is 273 g/mol. The Morgan fingerprint density at radius 3 is 2.89 bits per heavy atom. The van der Waals surface area contributed by atoms with E-state index in [0.717, 1.165) is 0 Å². The molecule has 18 heavy (non-hydrogen) atoms. The zero-order chi connectivity index (χ0) is 13.5. The Bertz CT molecular complexity index is 453. The summed E-state index contributed by atoms with van der Waals surface area (Å²) in [6, 6.07) is 1.37. The molecule has 0 aliphatic carbocycles. The van der Waals surface area contributed by atoms with Gasteiger partial charge in [-0.15, -0.1) is 0 Å². The normalized spacial score (nSPS) is 10.1. The van der Waals surface area contributed by atoms with Crippen LogP contribution in [-0.2, 0) is 9.53 Å². The maximum absolute atomic E-state index is 11.7. The molecule has 1 aromatic heterocycles. The first kappa shape index (κ1) is 14.2. The van der Waals surface area contributed by atoms with Crippen molar-refractivity contribution in [2.75, 3.05) is 25.5 Å². The number of rotatable bonds is 6. The van der Waals surface area contributed by atoms with Crippen LogP contribution in [0, 0.1) is 0 Å². The Morgan fingerprint density at radius 2 is 2.22 bits per heavy atom. The van der Waals surface area contributed by atoms with Gasteiger partial charge in [-0.05, 0) is 6.07 Å². The van der Waals surface area contributed by atoms with Gasteiger partial charge in [0, 0.05) is 6.54 Å². The standard InChI is InChI=1S/C10H13ClN4O3/c11-8-3-6(7(12)4-15-8)10(17)14-1-2-18-5-9(13)16/h3-4H,1-2,5,12H2,(H2,13,16)(H,14,17). The van der Waals surface area contributed by atoms with E-state index in [1.54, 1.807) is 0 Å². The van der Waals surface area contributed by atoms with Crippen LogP contribution in [-0.4, -0.2) is 36.6 Å². The number of nitrogen functional groups attached to an aromatic ring is 1. The third kappa shape index (κ3) is 4.56. The summed E-state index contributed by atoms with van der Waals surface area (Å²) in [6.07, 6.45) is 1.31. The highest BCUT2D eigenvalue weighted by atomic mass is 35.5. The molecule has 98 valence electrons. The number of nitrogens with zero attached hydrogens (tertiary/aromatic N) is 1. The van der Waals surface area contributed by atoms with E-state index in [9.17, 15) is 9.59 Å². The minimum atomic E-state index is -0.563. The molecule has 0 aromatic carbocycles. The van der Waals surface area contributed by atoms with E-state index in [-0.39, 0.29) is 42.1 Å². The van der Waals surface area contributed by atoms with Crippen LogP contribution in [0.1, 0.15) is 10.4 Å². The molecule has 1 rings (SSSR count). The number of primary amides is 1. The fraction of sp³-hybridized carbons (Fsp3) is 0.300. The smallest absolute Gasteiger partial charge is 0.253 e. The Balaban J connectivity index is 2.41. The molecule has 0 fully saturated rings. The largest absolute Gasteiger partial charge is 0.397 e. The molecule has 0 atom stereocenters. The van der Waals surface area contributed by atoms with Gasteiger partial charge in [-0.2, -0.15) is 0 Å². The van der Waals surface area contributed by atoms with Crippen LogP contribution < -0.4 is 16.8 Å². The van der Waals surface area contributed by atoms with Crippen molar-refractivity contribution in [3.63, 3.8) is 0 Å². The number of ether oxygens (including phenoxy) is 1. The van der Waals surface area contributed by atoms with Gasteiger partial charge >= 0.3 is 0 Å². The fourth-order valence-corrected chi connectivity index (χ4v) is 1.30. The average Bonchev–Trinajstić information content (AvgIpc) is 2.31. The van der Waals surface area contributed by atoms with E-state index in [0.29, 0.717) is 0 Å². The van der Waals surface area contributed by atoms with Crippen molar-refractivity contribution in [2.45, 2.75) is 0 Å². The molecular formula is C10H13ClN4O3. The van der Waals surface area contributed by atoms with Gasteiger partial charge < -0.3 is 21.5 Å². The Labute approximate surface area is 108 Å². The second kappa shape index (κ2) is 6.77. The van der Waals surface area contributed by atoms with Crippen molar-refractivity contribution in [1.29, 1.82) is 0 Å². The van der Waals surface area contributed by atoms with Crippen molar-refractivity contribution in [3.8, 4) is 0 Å². The number of nitrogens with one attached hydrogen (secondary N) is 1. The third-order valence-corrected chi connectivity index (χ3v) is 2.13. The highest BCUT2D eigenvalue weighted by Gasteiger charge is 2.10. The van der Waals surface area contributed by atoms with Crippen molar-refractivity contribution in [2.24, 2.45) is 5.73 Å². The first-order valence-corrected chi connectivity index (χ1v) is 5.43. The van der Waals surface area contributed by atoms with Gasteiger partial charge in [0.25, 0.3) is 5.91 Å². The molecule has 0 aliphatic heterocycles. The van der Waals surface area contributed by atoms with Gasteiger partial charge in [0.1, 0.15) is 11.8 Å². The molecule has 0 saturated carbocycles. The molecule has 8 heteroatoms. The predicted octanol–water partition coefficient (Wildman–Crippen LogP) is -0.451. The molecule has 0 radical (unpaired) electrons. The summed E-state index contributed by atoms with van der Waals surface area (Å²) in [5.74, 6) is -0.953. The van der Waals surface area contributed by atoms with Gasteiger partial charge in [-0.25, -0.2) is 4.98 Å². The van der Waals surface area contributed by atoms with Crippen molar-refractivity contribution < 1.29 is 14.3 Å². The lowest BCUT2D eigenvalue weighted by Crippen LogP contribution is -2.29. The summed E-state index contributed by atoms with van der Waals surface area (Å²) in [5, 5.41) is 2.74. The predicted molar refractivity (Wildman–Crippen MR) is 66.0 cm³/mol. The van der Waals surface area contributed by atoms with Crippen LogP contribution in [0.2, 0.25) is 5.15 Å². The van der Waals surface area contributed by atoms with E-state index in [2.05, 4.69) is 10.3 Å². The topological polar surface area (TPSA) is 120 Å². The van der Waals surface area contributed by atoms with Crippen LogP contribution in [0.25, 0.3) is 0 Å². The van der Waals surface area contributed by atoms with Crippen molar-refractivity contribution in [1.82, 2.24) is 10.3 Å². The molecule has 0 aliphatic rings. The summed E-state index contributed by atoms with van der Waals surface area (Å²) < 4.78 is 4.88. The number of carbonyl (C=O) groups excluding carboxylic acids is 2. The minimum Gasteiger partial charge on any atom is -0.397 e. The quantitative estimate of drug-likeness (QED) is 0.478. The van der Waals surface area contributed by atoms with Crippen LogP contribution in [0.15, 0.2) is 12.3 Å². The monoisotopic (exact) mass is 272 g/mol. The molecule has 1 aromatic rings. The Kier molecular flexibility index (Phi) is 5.34. The number of nitrogens with two attached hydrogens (primary N) is 2. The zero-order valence-electron chi connectivity index (χ0n) is 9.48. The number of hydrogen-bond donors (Lipinski definition) is 3. The molecule has 0 bridgehead atoms. The SMILES string of the molecule is NC(=O)COCCNC(=O)c1cc(Cl)ncc1N. The van der Waals surface area contributed by atoms with E-state index < -0.39 is 5.91 Å². The van der Waals surface area contributed by atoms with Crippen molar-refractivity contribution >= 4 is 29.1 Å². The highest BCUT2D eigenvalue weighted by molar-refractivity contribution is 6.29. The van der Waals surface area contributed by atoms with Crippen LogP contribution in [0.4, 0.5) is 5.69 Å². The highest BCUT2D eigenvalue weighted by Crippen LogP contribution is 2.14. The van der Waals surface area contributed by atoms with Gasteiger partial charge in [0.2, 0.25) is 5.91 Å². The van der Waals surface area contributed by atoms with E-state index in [4.69, 9.17) is 27.8 Å². The molecule has 5 N–H and O–H groups in total. The molecule has 0 saturated heterocycles. The van der Waals surface area contributed by atoms with Gasteiger partial charge in [-0.1, -0.05) is 11.6 Å². The summed E-state index contributed by atoms with van der Waals surface area (Å²) in [4.78, 5) is 25.8. The first-order valence-electron chi connectivity index (χ1n) is 5.06. The molecule has 7 nitrogen and oxygen atoms in total. The van der Waals surface area contributed by atoms with E-state index in [1.165, 1.54) is 12.3 Å². The second-order valence-electron chi connectivity index (χ2n) is 3.37. The van der Waals surface area contributed by atoms with Crippen LogP contribution in [0.5, 0.6) is 0 Å². The molecule has 1 heterocycles. The zero-order valence-corrected chi connectivity index (χ0v) is 10.2. The van der Waals surface area contributed by atoms with Crippen molar-refractivity contribution in [3.05, 3.63) is 23.0 Å². The number of amides is 2.